The normalized spacial score (nSPS) is 9.89. The average molecular weight is 252 g/mol. The first-order valence-corrected chi connectivity index (χ1v) is 5.44. The summed E-state index contributed by atoms with van der Waals surface area (Å²) in [6.45, 7) is 0.230. The largest absolute Gasteiger partial charge is 0.504 e. The van der Waals surface area contributed by atoms with Gasteiger partial charge >= 0.3 is 0 Å². The van der Waals surface area contributed by atoms with Gasteiger partial charge in [-0.25, -0.2) is 0 Å². The van der Waals surface area contributed by atoms with E-state index >= 15 is 0 Å². The smallest absolute Gasteiger partial charge is 0.257 e. The molecule has 1 aromatic rings. The fraction of sp³-hybridized carbons (Fsp3) is 0.333. The van der Waals surface area contributed by atoms with Crippen molar-refractivity contribution < 1.29 is 19.8 Å². The maximum Gasteiger partial charge on any atom is 0.257 e. The van der Waals surface area contributed by atoms with E-state index in [4.69, 9.17) is 0 Å². The second-order valence-electron chi connectivity index (χ2n) is 3.82. The molecular formula is C12H16N2O4. The summed E-state index contributed by atoms with van der Waals surface area (Å²) >= 11 is 0. The fourth-order valence-corrected chi connectivity index (χ4v) is 1.41. The van der Waals surface area contributed by atoms with Crippen molar-refractivity contribution in [2.75, 3.05) is 20.6 Å². The molecule has 0 saturated heterocycles. The number of aromatic hydroxyl groups is 2. The molecule has 6 nitrogen and oxygen atoms in total. The molecule has 0 aliphatic carbocycles. The molecule has 6 heteroatoms. The minimum atomic E-state index is -0.452. The number of carbonyl (C=O) groups is 2. The van der Waals surface area contributed by atoms with E-state index in [-0.39, 0.29) is 30.2 Å². The third-order valence-corrected chi connectivity index (χ3v) is 2.54. The number of phenols is 2. The number of amides is 2. The van der Waals surface area contributed by atoms with Gasteiger partial charge in [0, 0.05) is 27.1 Å². The maximum absolute atomic E-state index is 11.9. The van der Waals surface area contributed by atoms with E-state index in [9.17, 15) is 19.8 Å². The van der Waals surface area contributed by atoms with Crippen LogP contribution in [0.15, 0.2) is 18.2 Å². The molecule has 0 heterocycles. The van der Waals surface area contributed by atoms with E-state index < -0.39 is 11.7 Å². The van der Waals surface area contributed by atoms with E-state index in [0.29, 0.717) is 0 Å². The zero-order valence-corrected chi connectivity index (χ0v) is 10.3. The summed E-state index contributed by atoms with van der Waals surface area (Å²) in [6.07, 6.45) is 0.179. The highest BCUT2D eigenvalue weighted by Gasteiger charge is 2.18. The lowest BCUT2D eigenvalue weighted by Gasteiger charge is -2.17. The second-order valence-corrected chi connectivity index (χ2v) is 3.82. The molecule has 0 saturated carbocycles. The van der Waals surface area contributed by atoms with Crippen LogP contribution in [-0.4, -0.2) is 47.6 Å². The van der Waals surface area contributed by atoms with Crippen molar-refractivity contribution in [2.24, 2.45) is 0 Å². The van der Waals surface area contributed by atoms with Gasteiger partial charge in [0.15, 0.2) is 11.5 Å². The molecule has 0 spiro atoms. The molecule has 0 aromatic heterocycles. The molecule has 0 unspecified atom stereocenters. The lowest BCUT2D eigenvalue weighted by Crippen LogP contribution is -2.31. The van der Waals surface area contributed by atoms with Crippen LogP contribution in [0.2, 0.25) is 0 Å². The van der Waals surface area contributed by atoms with Gasteiger partial charge in [-0.2, -0.15) is 0 Å². The summed E-state index contributed by atoms with van der Waals surface area (Å²) in [5, 5.41) is 21.3. The summed E-state index contributed by atoms with van der Waals surface area (Å²) in [4.78, 5) is 24.3. The van der Waals surface area contributed by atoms with Crippen LogP contribution >= 0.6 is 0 Å². The summed E-state index contributed by atoms with van der Waals surface area (Å²) in [5.41, 5.74) is 0.00871. The monoisotopic (exact) mass is 252 g/mol. The Labute approximate surface area is 105 Å². The first-order valence-electron chi connectivity index (χ1n) is 5.44. The minimum absolute atomic E-state index is 0.00871. The number of hydrogen-bond acceptors (Lipinski definition) is 4. The lowest BCUT2D eigenvalue weighted by molar-refractivity contribution is -0.120. The first-order chi connectivity index (χ1) is 8.47. The van der Waals surface area contributed by atoms with Crippen LogP contribution in [0, 0.1) is 0 Å². The number of phenolic OH excluding ortho intramolecular Hbond substituents is 2. The molecule has 0 bridgehead atoms. The number of nitrogens with one attached hydrogen (secondary N) is 1. The predicted molar refractivity (Wildman–Crippen MR) is 65.4 cm³/mol. The van der Waals surface area contributed by atoms with Crippen LogP contribution in [-0.2, 0) is 4.79 Å². The first kappa shape index (κ1) is 13.8. The maximum atomic E-state index is 11.9. The van der Waals surface area contributed by atoms with Gasteiger partial charge in [-0.15, -0.1) is 0 Å². The van der Waals surface area contributed by atoms with E-state index in [0.717, 1.165) is 0 Å². The van der Waals surface area contributed by atoms with Gasteiger partial charge in [0.1, 0.15) is 0 Å². The van der Waals surface area contributed by atoms with E-state index in [1.165, 1.54) is 37.2 Å². The summed E-state index contributed by atoms with van der Waals surface area (Å²) < 4.78 is 0. The van der Waals surface area contributed by atoms with Crippen molar-refractivity contribution in [3.63, 3.8) is 0 Å². The van der Waals surface area contributed by atoms with Crippen LogP contribution in [0.3, 0.4) is 0 Å². The predicted octanol–water partition coefficient (Wildman–Crippen LogP) is 0.306. The zero-order valence-electron chi connectivity index (χ0n) is 10.3. The molecule has 0 aliphatic heterocycles. The van der Waals surface area contributed by atoms with E-state index in [1.54, 1.807) is 0 Å². The van der Waals surface area contributed by atoms with Crippen LogP contribution in [0.25, 0.3) is 0 Å². The molecule has 0 atom stereocenters. The van der Waals surface area contributed by atoms with E-state index in [1.807, 2.05) is 0 Å². The van der Waals surface area contributed by atoms with Gasteiger partial charge in [-0.3, -0.25) is 9.59 Å². The quantitative estimate of drug-likeness (QED) is 0.672. The standard InChI is InChI=1S/C12H16N2O4/c1-13-10(16)6-7-14(2)12(18)8-4-3-5-9(15)11(8)17/h3-5,15,17H,6-7H2,1-2H3,(H,13,16). The number of benzene rings is 1. The van der Waals surface area contributed by atoms with Crippen LogP contribution in [0.5, 0.6) is 11.5 Å². The molecular weight excluding hydrogens is 236 g/mol. The van der Waals surface area contributed by atoms with Crippen molar-refractivity contribution in [3.8, 4) is 11.5 Å². The highest BCUT2D eigenvalue weighted by molar-refractivity contribution is 5.97. The molecule has 0 fully saturated rings. The molecule has 3 N–H and O–H groups in total. The highest BCUT2D eigenvalue weighted by atomic mass is 16.3. The Hall–Kier alpha value is -2.24. The summed E-state index contributed by atoms with van der Waals surface area (Å²) in [7, 11) is 3.04. The van der Waals surface area contributed by atoms with Gasteiger partial charge in [0.25, 0.3) is 5.91 Å². The van der Waals surface area contributed by atoms with Crippen molar-refractivity contribution in [1.29, 1.82) is 0 Å². The summed E-state index contributed by atoms with van der Waals surface area (Å²) in [5.74, 6) is -1.42. The number of para-hydroxylation sites is 1. The molecule has 0 radical (unpaired) electrons. The zero-order chi connectivity index (χ0) is 13.7. The van der Waals surface area contributed by atoms with Gasteiger partial charge in [0.05, 0.1) is 5.56 Å². The van der Waals surface area contributed by atoms with Crippen LogP contribution in [0.4, 0.5) is 0 Å². The molecule has 2 amide bonds. The Morgan fingerprint density at radius 2 is 2.00 bits per heavy atom. The number of rotatable bonds is 4. The SMILES string of the molecule is CNC(=O)CCN(C)C(=O)c1cccc(O)c1O. The van der Waals surface area contributed by atoms with Gasteiger partial charge in [-0.1, -0.05) is 6.07 Å². The second kappa shape index (κ2) is 5.90. The van der Waals surface area contributed by atoms with Crippen molar-refractivity contribution in [2.45, 2.75) is 6.42 Å². The third-order valence-electron chi connectivity index (χ3n) is 2.54. The Bertz CT molecular complexity index is 459. The van der Waals surface area contributed by atoms with Crippen molar-refractivity contribution in [3.05, 3.63) is 23.8 Å². The fourth-order valence-electron chi connectivity index (χ4n) is 1.41. The van der Waals surface area contributed by atoms with E-state index in [2.05, 4.69) is 5.32 Å². The number of carbonyl (C=O) groups excluding carboxylic acids is 2. The lowest BCUT2D eigenvalue weighted by atomic mass is 10.1. The Kier molecular flexibility index (Phi) is 4.53. The Morgan fingerprint density at radius 1 is 1.33 bits per heavy atom. The molecule has 1 rings (SSSR count). The van der Waals surface area contributed by atoms with Gasteiger partial charge in [-0.05, 0) is 12.1 Å². The third kappa shape index (κ3) is 3.13. The highest BCUT2D eigenvalue weighted by Crippen LogP contribution is 2.28. The molecule has 18 heavy (non-hydrogen) atoms. The molecule has 1 aromatic carbocycles. The minimum Gasteiger partial charge on any atom is -0.504 e. The van der Waals surface area contributed by atoms with Gasteiger partial charge < -0.3 is 20.4 Å². The average Bonchev–Trinajstić information content (AvgIpc) is 2.37. The summed E-state index contributed by atoms with van der Waals surface area (Å²) in [6, 6.07) is 4.17. The van der Waals surface area contributed by atoms with Gasteiger partial charge in [0.2, 0.25) is 5.91 Å². The Balaban J connectivity index is 2.74. The topological polar surface area (TPSA) is 89.9 Å². The van der Waals surface area contributed by atoms with Crippen LogP contribution < -0.4 is 5.32 Å². The number of nitrogens with zero attached hydrogens (tertiary/aromatic N) is 1. The van der Waals surface area contributed by atoms with Crippen LogP contribution in [0.1, 0.15) is 16.8 Å². The molecule has 98 valence electrons. The number of hydrogen-bond donors (Lipinski definition) is 3. The van der Waals surface area contributed by atoms with Crippen molar-refractivity contribution >= 4 is 11.8 Å². The van der Waals surface area contributed by atoms with Crippen molar-refractivity contribution in [1.82, 2.24) is 10.2 Å². The Morgan fingerprint density at radius 3 is 2.61 bits per heavy atom. The molecule has 0 aliphatic rings.